The van der Waals surface area contributed by atoms with Gasteiger partial charge in [-0.25, -0.2) is 0 Å². The Morgan fingerprint density at radius 3 is 1.68 bits per heavy atom. The van der Waals surface area contributed by atoms with E-state index in [1.54, 1.807) is 0 Å². The van der Waals surface area contributed by atoms with Gasteiger partial charge in [-0.15, -0.1) is 11.8 Å². The number of thioether (sulfide) groups is 1. The molecular weight excluding hydrogens is 608 g/mol. The van der Waals surface area contributed by atoms with Crippen LogP contribution in [0.25, 0.3) is 0 Å². The van der Waals surface area contributed by atoms with E-state index in [-0.39, 0.29) is 24.7 Å². The number of esters is 2. The van der Waals surface area contributed by atoms with E-state index >= 15 is 0 Å². The van der Waals surface area contributed by atoms with Crippen molar-refractivity contribution in [2.24, 2.45) is 0 Å². The predicted molar refractivity (Wildman–Crippen MR) is 154 cm³/mol. The molecule has 6 N–H and O–H groups in total. The molecule has 41 heavy (non-hydrogen) atoms. The highest BCUT2D eigenvalue weighted by molar-refractivity contribution is 8.01. The summed E-state index contributed by atoms with van der Waals surface area (Å²) in [5.74, 6) is -2.09. The molecule has 2 heterocycles. The third-order valence-corrected chi connectivity index (χ3v) is 9.36. The largest absolute Gasteiger partial charge is 0.463 e. The van der Waals surface area contributed by atoms with Crippen LogP contribution in [0.1, 0.15) is 13.3 Å². The van der Waals surface area contributed by atoms with Crippen LogP contribution in [0.3, 0.4) is 0 Å². The highest BCUT2D eigenvalue weighted by atomic mass is 32.3. The average Bonchev–Trinajstić information content (AvgIpc) is 2.84. The summed E-state index contributed by atoms with van der Waals surface area (Å²) in [7, 11) is -5.46. The maximum Gasteiger partial charge on any atom is 0.319 e. The normalized spacial score (nSPS) is 32.5. The number of thiol groups is 2. The van der Waals surface area contributed by atoms with Crippen molar-refractivity contribution >= 4 is 49.7 Å². The zero-order chi connectivity index (χ0) is 31.1. The van der Waals surface area contributed by atoms with E-state index in [1.165, 1.54) is 31.9 Å². The van der Waals surface area contributed by atoms with Gasteiger partial charge >= 0.3 is 11.9 Å². The molecule has 2 aliphatic heterocycles. The third kappa shape index (κ3) is 12.2. The fourth-order valence-corrected chi connectivity index (χ4v) is 7.10. The Hall–Kier alpha value is -1.06. The van der Waals surface area contributed by atoms with Crippen LogP contribution >= 0.6 is 11.8 Å². The van der Waals surface area contributed by atoms with E-state index in [0.717, 1.165) is 11.8 Å². The van der Waals surface area contributed by atoms with Crippen molar-refractivity contribution in [3.05, 3.63) is 0 Å². The highest BCUT2D eigenvalue weighted by Crippen LogP contribution is 2.22. The van der Waals surface area contributed by atoms with Gasteiger partial charge in [0.1, 0.15) is 60.9 Å². The summed E-state index contributed by atoms with van der Waals surface area (Å²) < 4.78 is 50.7. The van der Waals surface area contributed by atoms with Crippen LogP contribution in [-0.2, 0) is 53.6 Å². The molecule has 7 unspecified atom stereocenters. The number of aliphatic hydroxyl groups is 4. The standard InChI is InChI=1S/C23H44N2O13S3/c1-12(26)11-39-17(23(32)38-10-16-22(31)20(29)14(8-36-16)25-41(4,5)34)6-18(27)37-9-15-21(30)19(28)13(7-35-15)24-40(2,3)33/h13-17,19-22,28-31,40-41H,6-11H2,1-5H3,(H,24,33)(H,25,34)/t13-,14-,15?,16?,17?,19?,20?,21?,22?/m1/s1. The van der Waals surface area contributed by atoms with Crippen molar-refractivity contribution in [2.45, 2.75) is 67.3 Å². The second-order valence-corrected chi connectivity index (χ2v) is 18.0. The molecular formula is C23H44N2O13S3. The summed E-state index contributed by atoms with van der Waals surface area (Å²) in [6, 6.07) is -1.57. The van der Waals surface area contributed by atoms with Gasteiger partial charge in [0.25, 0.3) is 0 Å². The topological polar surface area (TPSA) is 227 Å². The minimum atomic E-state index is -2.73. The molecule has 0 aromatic carbocycles. The Bertz CT molecular complexity index is 1010. The van der Waals surface area contributed by atoms with E-state index < -0.39 is 106 Å². The zero-order valence-electron chi connectivity index (χ0n) is 23.7. The molecule has 0 spiro atoms. The van der Waals surface area contributed by atoms with Gasteiger partial charge in [-0.1, -0.05) is 20.2 Å². The van der Waals surface area contributed by atoms with Gasteiger partial charge in [0.2, 0.25) is 0 Å². The van der Waals surface area contributed by atoms with E-state index in [4.69, 9.17) is 18.9 Å². The Kier molecular flexibility index (Phi) is 13.7. The van der Waals surface area contributed by atoms with Gasteiger partial charge in [-0.2, -0.15) is 0 Å². The van der Waals surface area contributed by atoms with Gasteiger partial charge in [0.15, 0.2) is 0 Å². The number of carbonyl (C=O) groups is 3. The lowest BCUT2D eigenvalue weighted by atomic mass is 9.99. The summed E-state index contributed by atoms with van der Waals surface area (Å²) in [5, 5.41) is 40.3. The van der Waals surface area contributed by atoms with Gasteiger partial charge < -0.3 is 39.4 Å². The zero-order valence-corrected chi connectivity index (χ0v) is 26.3. The molecule has 0 aromatic rings. The first-order valence-corrected chi connectivity index (χ1v) is 19.2. The first kappa shape index (κ1) is 36.1. The van der Waals surface area contributed by atoms with Gasteiger partial charge in [-0.3, -0.25) is 32.2 Å². The van der Waals surface area contributed by atoms with Crippen LogP contribution in [0.15, 0.2) is 0 Å². The van der Waals surface area contributed by atoms with Crippen molar-refractivity contribution in [3.8, 4) is 0 Å². The predicted octanol–water partition coefficient (Wildman–Crippen LogP) is -4.31. The number of carbonyl (C=O) groups excluding carboxylic acids is 3. The van der Waals surface area contributed by atoms with Crippen LogP contribution < -0.4 is 9.44 Å². The molecule has 2 fully saturated rings. The summed E-state index contributed by atoms with van der Waals surface area (Å²) in [5.41, 5.74) is 0. The number of hydrogen-bond acceptors (Lipinski definition) is 14. The Balaban J connectivity index is 1.90. The van der Waals surface area contributed by atoms with Crippen LogP contribution in [0, 0.1) is 0 Å². The molecule has 0 radical (unpaired) electrons. The van der Waals surface area contributed by atoms with Gasteiger partial charge in [0, 0.05) is 25.0 Å². The van der Waals surface area contributed by atoms with E-state index in [9.17, 15) is 43.2 Å². The highest BCUT2D eigenvalue weighted by Gasteiger charge is 2.41. The Morgan fingerprint density at radius 2 is 1.27 bits per heavy atom. The van der Waals surface area contributed by atoms with Gasteiger partial charge in [-0.05, 0) is 6.92 Å². The molecule has 0 aliphatic carbocycles. The van der Waals surface area contributed by atoms with Crippen molar-refractivity contribution in [1.82, 2.24) is 9.44 Å². The van der Waals surface area contributed by atoms with E-state index in [1.807, 2.05) is 0 Å². The van der Waals surface area contributed by atoms with Crippen LogP contribution in [0.4, 0.5) is 0 Å². The lowest BCUT2D eigenvalue weighted by molar-refractivity contribution is -0.177. The summed E-state index contributed by atoms with van der Waals surface area (Å²) >= 11 is 0.855. The molecule has 0 aromatic heterocycles. The summed E-state index contributed by atoms with van der Waals surface area (Å²) in [4.78, 5) is 36.8. The molecule has 0 bridgehead atoms. The minimum Gasteiger partial charge on any atom is -0.463 e. The molecule has 242 valence electrons. The van der Waals surface area contributed by atoms with Crippen molar-refractivity contribution in [2.75, 3.05) is 57.2 Å². The first-order chi connectivity index (χ1) is 18.9. The molecule has 18 heteroatoms. The number of ketones is 1. The Morgan fingerprint density at radius 1 is 0.829 bits per heavy atom. The summed E-state index contributed by atoms with van der Waals surface area (Å²) in [6.07, 6.45) is -2.37. The lowest BCUT2D eigenvalue weighted by Crippen LogP contribution is -2.60. The number of ether oxygens (including phenoxy) is 4. The second kappa shape index (κ2) is 15.6. The van der Waals surface area contributed by atoms with Crippen molar-refractivity contribution in [3.63, 3.8) is 0 Å². The quantitative estimate of drug-likeness (QED) is 0.0656. The van der Waals surface area contributed by atoms with E-state index in [0.29, 0.717) is 0 Å². The number of rotatable bonds is 14. The average molecular weight is 653 g/mol. The molecule has 2 rings (SSSR count). The lowest BCUT2D eigenvalue weighted by Gasteiger charge is -2.39. The SMILES string of the molecule is CC(=O)CSC(CC(=O)OCC1OC[C@@H](N[SH](C)(C)=O)C(O)C1O)C(=O)OCC1OC[C@@H](N[SH](C)(C)=O)C(O)C1O. The molecule has 15 nitrogen and oxygen atoms in total. The third-order valence-electron chi connectivity index (χ3n) is 6.12. The molecule has 9 atom stereocenters. The van der Waals surface area contributed by atoms with Crippen molar-refractivity contribution < 1.29 is 62.2 Å². The number of hydrogen-bond donors (Lipinski definition) is 8. The maximum atomic E-state index is 12.8. The molecule has 0 amide bonds. The fourth-order valence-electron chi connectivity index (χ4n) is 4.15. The van der Waals surface area contributed by atoms with Crippen LogP contribution in [0.2, 0.25) is 0 Å². The first-order valence-electron chi connectivity index (χ1n) is 12.9. The second-order valence-electron chi connectivity index (χ2n) is 10.9. The molecule has 2 aliphatic rings. The van der Waals surface area contributed by atoms with Crippen molar-refractivity contribution in [1.29, 1.82) is 0 Å². The minimum absolute atomic E-state index is 0.0909. The fraction of sp³-hybridized carbons (Fsp3) is 0.870. The smallest absolute Gasteiger partial charge is 0.319 e. The monoisotopic (exact) mass is 652 g/mol. The van der Waals surface area contributed by atoms with Crippen LogP contribution in [-0.4, -0.2) is 158 Å². The Labute approximate surface area is 245 Å². The van der Waals surface area contributed by atoms with E-state index in [2.05, 4.69) is 9.44 Å². The number of nitrogens with one attached hydrogen (secondary N) is 2. The number of Topliss-reactive ketones (excluding diaryl/α,β-unsaturated/α-hetero) is 1. The van der Waals surface area contributed by atoms with Gasteiger partial charge in [0.05, 0.1) is 37.5 Å². The molecule has 0 saturated carbocycles. The summed E-state index contributed by atoms with van der Waals surface area (Å²) in [6.45, 7) is 0.229. The number of aliphatic hydroxyl groups excluding tert-OH is 4. The van der Waals surface area contributed by atoms with Crippen LogP contribution in [0.5, 0.6) is 0 Å². The maximum absolute atomic E-state index is 12.8. The molecule has 2 saturated heterocycles.